The van der Waals surface area contributed by atoms with Crippen LogP contribution in [0.15, 0.2) is 54.6 Å². The maximum absolute atomic E-state index is 12.2. The van der Waals surface area contributed by atoms with E-state index in [2.05, 4.69) is 4.98 Å². The molecule has 0 bridgehead atoms. The summed E-state index contributed by atoms with van der Waals surface area (Å²) >= 11 is 6.18. The zero-order valence-corrected chi connectivity index (χ0v) is 13.0. The van der Waals surface area contributed by atoms with Crippen LogP contribution < -0.4 is 4.74 Å². The second kappa shape index (κ2) is 5.56. The number of hydrogen-bond acceptors (Lipinski definition) is 3. The molecule has 0 unspecified atom stereocenters. The molecule has 1 aliphatic rings. The number of carbonyl (C=O) groups excluding carboxylic acids is 1. The molecule has 0 atom stereocenters. The van der Waals surface area contributed by atoms with Gasteiger partial charge in [0, 0.05) is 16.0 Å². The van der Waals surface area contributed by atoms with Crippen molar-refractivity contribution in [3.05, 3.63) is 70.7 Å². The minimum atomic E-state index is -0.403. The molecule has 0 radical (unpaired) electrons. The molecular weight excluding hydrogens is 312 g/mol. The van der Waals surface area contributed by atoms with Crippen LogP contribution in [-0.2, 0) is 13.1 Å². The van der Waals surface area contributed by atoms with Crippen molar-refractivity contribution in [3.63, 3.8) is 0 Å². The second-order valence-corrected chi connectivity index (χ2v) is 5.87. The van der Waals surface area contributed by atoms with Crippen LogP contribution >= 0.6 is 11.6 Å². The van der Waals surface area contributed by atoms with E-state index in [4.69, 9.17) is 16.3 Å². The van der Waals surface area contributed by atoms with Gasteiger partial charge in [-0.2, -0.15) is 0 Å². The standard InChI is InChI=1S/C18H13ClN2O2/c19-15-7-3-1-6-13(15)10-21-11-14-9-12-5-2-4-8-16(12)20-17(14)23-18(21)22/h1-9H,10-11H2. The maximum atomic E-state index is 12.2. The van der Waals surface area contributed by atoms with Gasteiger partial charge in [-0.25, -0.2) is 9.78 Å². The van der Waals surface area contributed by atoms with E-state index in [1.807, 2.05) is 54.6 Å². The van der Waals surface area contributed by atoms with E-state index in [1.165, 1.54) is 0 Å². The van der Waals surface area contributed by atoms with Crippen LogP contribution in [0.25, 0.3) is 10.9 Å². The SMILES string of the molecule is O=C1Oc2nc3ccccc3cc2CN1Cc1ccccc1Cl. The van der Waals surface area contributed by atoms with E-state index in [-0.39, 0.29) is 0 Å². The van der Waals surface area contributed by atoms with Crippen molar-refractivity contribution in [2.24, 2.45) is 0 Å². The third kappa shape index (κ3) is 2.62. The van der Waals surface area contributed by atoms with E-state index in [0.717, 1.165) is 22.0 Å². The summed E-state index contributed by atoms with van der Waals surface area (Å²) in [5.41, 5.74) is 2.61. The fourth-order valence-corrected chi connectivity index (χ4v) is 2.91. The second-order valence-electron chi connectivity index (χ2n) is 5.46. The van der Waals surface area contributed by atoms with Gasteiger partial charge in [0.1, 0.15) is 0 Å². The van der Waals surface area contributed by atoms with Crippen molar-refractivity contribution in [2.75, 3.05) is 0 Å². The fourth-order valence-electron chi connectivity index (χ4n) is 2.71. The number of nitrogens with zero attached hydrogens (tertiary/aromatic N) is 2. The summed E-state index contributed by atoms with van der Waals surface area (Å²) < 4.78 is 5.40. The highest BCUT2D eigenvalue weighted by atomic mass is 35.5. The highest BCUT2D eigenvalue weighted by Crippen LogP contribution is 2.29. The number of ether oxygens (including phenoxy) is 1. The zero-order valence-electron chi connectivity index (χ0n) is 12.2. The average molecular weight is 325 g/mol. The van der Waals surface area contributed by atoms with Crippen molar-refractivity contribution in [1.82, 2.24) is 9.88 Å². The Hall–Kier alpha value is -2.59. The first kappa shape index (κ1) is 14.0. The van der Waals surface area contributed by atoms with Crippen molar-refractivity contribution in [1.29, 1.82) is 0 Å². The first-order valence-electron chi connectivity index (χ1n) is 7.29. The van der Waals surface area contributed by atoms with Gasteiger partial charge in [0.15, 0.2) is 0 Å². The van der Waals surface area contributed by atoms with Crippen LogP contribution in [0, 0.1) is 0 Å². The monoisotopic (exact) mass is 324 g/mol. The van der Waals surface area contributed by atoms with Gasteiger partial charge in [0.2, 0.25) is 5.88 Å². The first-order valence-corrected chi connectivity index (χ1v) is 7.67. The average Bonchev–Trinajstić information content (AvgIpc) is 2.56. The number of benzene rings is 2. The highest BCUT2D eigenvalue weighted by molar-refractivity contribution is 6.31. The molecule has 1 amide bonds. The van der Waals surface area contributed by atoms with E-state index in [0.29, 0.717) is 24.0 Å². The lowest BCUT2D eigenvalue weighted by Crippen LogP contribution is -2.36. The molecule has 0 saturated heterocycles. The van der Waals surface area contributed by atoms with Crippen molar-refractivity contribution >= 4 is 28.6 Å². The Kier molecular flexibility index (Phi) is 3.39. The molecule has 3 aromatic rings. The topological polar surface area (TPSA) is 42.4 Å². The van der Waals surface area contributed by atoms with E-state index in [9.17, 15) is 4.79 Å². The lowest BCUT2D eigenvalue weighted by atomic mass is 10.1. The van der Waals surface area contributed by atoms with Crippen LogP contribution in [0.3, 0.4) is 0 Å². The Morgan fingerprint density at radius 3 is 2.78 bits per heavy atom. The summed E-state index contributed by atoms with van der Waals surface area (Å²) in [7, 11) is 0. The van der Waals surface area contributed by atoms with Gasteiger partial charge in [0.25, 0.3) is 0 Å². The molecule has 0 N–H and O–H groups in total. The lowest BCUT2D eigenvalue weighted by molar-refractivity contribution is 0.133. The molecule has 114 valence electrons. The van der Waals surface area contributed by atoms with E-state index < -0.39 is 6.09 Å². The number of aromatic nitrogens is 1. The molecule has 4 rings (SSSR count). The highest BCUT2D eigenvalue weighted by Gasteiger charge is 2.26. The summed E-state index contributed by atoms with van der Waals surface area (Å²) in [6, 6.07) is 17.3. The smallest absolute Gasteiger partial charge is 0.391 e. The molecule has 5 heteroatoms. The van der Waals surface area contributed by atoms with E-state index >= 15 is 0 Å². The van der Waals surface area contributed by atoms with Crippen molar-refractivity contribution in [2.45, 2.75) is 13.1 Å². The Bertz CT molecular complexity index is 910. The Balaban J connectivity index is 1.67. The van der Waals surface area contributed by atoms with Gasteiger partial charge in [-0.1, -0.05) is 48.0 Å². The molecule has 0 aliphatic carbocycles. The largest absolute Gasteiger partial charge is 0.417 e. The number of hydrogen-bond donors (Lipinski definition) is 0. The number of fused-ring (bicyclic) bond motifs is 2. The number of carbonyl (C=O) groups is 1. The Morgan fingerprint density at radius 2 is 1.91 bits per heavy atom. The summed E-state index contributed by atoms with van der Waals surface area (Å²) in [4.78, 5) is 18.3. The number of rotatable bonds is 2. The molecule has 2 heterocycles. The number of amides is 1. The Labute approximate surface area is 138 Å². The van der Waals surface area contributed by atoms with Crippen LogP contribution in [0.1, 0.15) is 11.1 Å². The Morgan fingerprint density at radius 1 is 1.13 bits per heavy atom. The minimum absolute atomic E-state index is 0.393. The predicted molar refractivity (Wildman–Crippen MR) is 88.5 cm³/mol. The van der Waals surface area contributed by atoms with Crippen molar-refractivity contribution in [3.8, 4) is 5.88 Å². The van der Waals surface area contributed by atoms with Gasteiger partial charge >= 0.3 is 6.09 Å². The molecule has 1 aliphatic heterocycles. The molecule has 0 fully saturated rings. The summed E-state index contributed by atoms with van der Waals surface area (Å²) in [5, 5.41) is 1.67. The van der Waals surface area contributed by atoms with Gasteiger partial charge in [0.05, 0.1) is 18.6 Å². The van der Waals surface area contributed by atoms with Crippen LogP contribution in [0.5, 0.6) is 5.88 Å². The van der Waals surface area contributed by atoms with Gasteiger partial charge in [-0.15, -0.1) is 0 Å². The molecular formula is C18H13ClN2O2. The van der Waals surface area contributed by atoms with Gasteiger partial charge in [-0.05, 0) is 23.8 Å². The maximum Gasteiger partial charge on any atom is 0.417 e. The predicted octanol–water partition coefficient (Wildman–Crippen LogP) is 4.40. The van der Waals surface area contributed by atoms with Gasteiger partial charge in [-0.3, -0.25) is 4.90 Å². The molecule has 2 aromatic carbocycles. The zero-order chi connectivity index (χ0) is 15.8. The third-order valence-electron chi connectivity index (χ3n) is 3.89. The normalized spacial score (nSPS) is 13.8. The number of para-hydroxylation sites is 1. The van der Waals surface area contributed by atoms with Gasteiger partial charge < -0.3 is 4.74 Å². The molecule has 23 heavy (non-hydrogen) atoms. The van der Waals surface area contributed by atoms with Crippen LogP contribution in [0.2, 0.25) is 5.02 Å². The summed E-state index contributed by atoms with van der Waals surface area (Å²) in [6.45, 7) is 0.863. The number of pyridine rings is 1. The molecule has 0 spiro atoms. The van der Waals surface area contributed by atoms with Crippen LogP contribution in [-0.4, -0.2) is 16.0 Å². The quantitative estimate of drug-likeness (QED) is 0.701. The fraction of sp³-hybridized carbons (Fsp3) is 0.111. The first-order chi connectivity index (χ1) is 11.2. The minimum Gasteiger partial charge on any atom is -0.391 e. The van der Waals surface area contributed by atoms with Crippen molar-refractivity contribution < 1.29 is 9.53 Å². The summed E-state index contributed by atoms with van der Waals surface area (Å²) in [6.07, 6.45) is -0.403. The lowest BCUT2D eigenvalue weighted by Gasteiger charge is -2.27. The van der Waals surface area contributed by atoms with E-state index in [1.54, 1.807) is 4.90 Å². The third-order valence-corrected chi connectivity index (χ3v) is 4.25. The molecule has 1 aromatic heterocycles. The number of halogens is 1. The summed E-state index contributed by atoms with van der Waals surface area (Å²) in [5.74, 6) is 0.393. The van der Waals surface area contributed by atoms with Crippen LogP contribution in [0.4, 0.5) is 4.79 Å². The molecule has 4 nitrogen and oxygen atoms in total. The molecule has 0 saturated carbocycles.